The molecule has 0 spiro atoms. The largest absolute Gasteiger partial charge is 0.322 e. The van der Waals surface area contributed by atoms with Crippen LogP contribution >= 0.6 is 11.3 Å². The Labute approximate surface area is 151 Å². The van der Waals surface area contributed by atoms with Crippen LogP contribution in [0.1, 0.15) is 48.0 Å². The van der Waals surface area contributed by atoms with Crippen LogP contribution < -0.4 is 5.32 Å². The molecule has 1 aromatic carbocycles. The van der Waals surface area contributed by atoms with Crippen molar-refractivity contribution in [3.05, 3.63) is 47.0 Å². The van der Waals surface area contributed by atoms with E-state index >= 15 is 0 Å². The summed E-state index contributed by atoms with van der Waals surface area (Å²) in [5.74, 6) is 0.361. The van der Waals surface area contributed by atoms with Gasteiger partial charge in [-0.25, -0.2) is 4.98 Å². The highest BCUT2D eigenvalue weighted by Crippen LogP contribution is 2.33. The minimum Gasteiger partial charge on any atom is -0.322 e. The maximum Gasteiger partial charge on any atom is 0.255 e. The Morgan fingerprint density at radius 1 is 1.32 bits per heavy atom. The molecule has 130 valence electrons. The van der Waals surface area contributed by atoms with Crippen LogP contribution in [0.5, 0.6) is 0 Å². The van der Waals surface area contributed by atoms with E-state index in [1.807, 2.05) is 29.6 Å². The zero-order valence-electron chi connectivity index (χ0n) is 14.0. The number of benzene rings is 1. The van der Waals surface area contributed by atoms with Crippen LogP contribution in [0.3, 0.4) is 0 Å². The molecule has 4 rings (SSSR count). The summed E-state index contributed by atoms with van der Waals surface area (Å²) in [6, 6.07) is 7.20. The van der Waals surface area contributed by atoms with Crippen LogP contribution in [0.4, 0.5) is 5.13 Å². The van der Waals surface area contributed by atoms with E-state index in [4.69, 9.17) is 0 Å². The number of amides is 2. The number of rotatable bonds is 5. The van der Waals surface area contributed by atoms with Crippen LogP contribution in [0.15, 0.2) is 35.8 Å². The van der Waals surface area contributed by atoms with E-state index in [1.165, 1.54) is 24.2 Å². The average Bonchev–Trinajstić information content (AvgIpc) is 3.35. The second kappa shape index (κ2) is 6.96. The number of hydrogen-bond donors (Lipinski definition) is 1. The van der Waals surface area contributed by atoms with Gasteiger partial charge in [0.15, 0.2) is 5.13 Å². The molecule has 1 fully saturated rings. The lowest BCUT2D eigenvalue weighted by atomic mass is 9.97. The summed E-state index contributed by atoms with van der Waals surface area (Å²) in [6.07, 6.45) is 7.14. The number of hydrogen-bond acceptors (Lipinski definition) is 4. The first kappa shape index (κ1) is 16.3. The Hall–Kier alpha value is -2.21. The molecule has 1 unspecified atom stereocenters. The molecule has 1 aliphatic heterocycles. The molecular weight excluding hydrogens is 334 g/mol. The normalized spacial score (nSPS) is 18.4. The fourth-order valence-electron chi connectivity index (χ4n) is 3.94. The zero-order valence-corrected chi connectivity index (χ0v) is 14.8. The SMILES string of the molecule is O=C(Nc1nccs1)C(CC1CCCC1)N1Cc2ccccc2C1=O. The average molecular weight is 355 g/mol. The third-order valence-electron chi connectivity index (χ3n) is 5.22. The highest BCUT2D eigenvalue weighted by Gasteiger charge is 2.38. The number of thiazole rings is 1. The summed E-state index contributed by atoms with van der Waals surface area (Å²) in [5, 5.41) is 5.32. The van der Waals surface area contributed by atoms with Crippen LogP contribution in [-0.4, -0.2) is 27.7 Å². The molecule has 0 saturated heterocycles. The second-order valence-electron chi connectivity index (χ2n) is 6.82. The second-order valence-corrected chi connectivity index (χ2v) is 7.71. The minimum atomic E-state index is -0.438. The van der Waals surface area contributed by atoms with Gasteiger partial charge in [0, 0.05) is 23.7 Å². The van der Waals surface area contributed by atoms with Gasteiger partial charge >= 0.3 is 0 Å². The van der Waals surface area contributed by atoms with E-state index in [9.17, 15) is 9.59 Å². The van der Waals surface area contributed by atoms with Gasteiger partial charge in [0.2, 0.25) is 5.91 Å². The van der Waals surface area contributed by atoms with Crippen LogP contribution in [0.25, 0.3) is 0 Å². The van der Waals surface area contributed by atoms with Crippen molar-refractivity contribution in [2.45, 2.75) is 44.7 Å². The summed E-state index contributed by atoms with van der Waals surface area (Å²) in [4.78, 5) is 31.7. The Morgan fingerprint density at radius 2 is 2.12 bits per heavy atom. The highest BCUT2D eigenvalue weighted by atomic mass is 32.1. The van der Waals surface area contributed by atoms with Gasteiger partial charge in [0.25, 0.3) is 5.91 Å². The first-order chi connectivity index (χ1) is 12.2. The van der Waals surface area contributed by atoms with Crippen molar-refractivity contribution < 1.29 is 9.59 Å². The lowest BCUT2D eigenvalue weighted by Gasteiger charge is -2.28. The molecule has 5 nitrogen and oxygen atoms in total. The molecule has 1 aromatic heterocycles. The van der Waals surface area contributed by atoms with Crippen molar-refractivity contribution in [1.82, 2.24) is 9.88 Å². The number of aromatic nitrogens is 1. The monoisotopic (exact) mass is 355 g/mol. The molecule has 0 radical (unpaired) electrons. The molecular formula is C19H21N3O2S. The maximum absolute atomic E-state index is 12.9. The lowest BCUT2D eigenvalue weighted by Crippen LogP contribution is -2.45. The standard InChI is InChI=1S/C19H21N3O2S/c23-17(21-19-20-9-10-25-19)16(11-13-5-1-2-6-13)22-12-14-7-3-4-8-15(14)18(22)24/h3-4,7-10,13,16H,1-2,5-6,11-12H2,(H,20,21,23). The summed E-state index contributed by atoms with van der Waals surface area (Å²) < 4.78 is 0. The van der Waals surface area contributed by atoms with Crippen LogP contribution in [-0.2, 0) is 11.3 Å². The van der Waals surface area contributed by atoms with Crippen LogP contribution in [0, 0.1) is 5.92 Å². The topological polar surface area (TPSA) is 62.3 Å². The Bertz CT molecular complexity index is 769. The summed E-state index contributed by atoms with van der Waals surface area (Å²) >= 11 is 1.40. The predicted molar refractivity (Wildman–Crippen MR) is 97.4 cm³/mol. The van der Waals surface area contributed by atoms with Crippen molar-refractivity contribution >= 4 is 28.3 Å². The number of carbonyl (C=O) groups is 2. The molecule has 1 saturated carbocycles. The zero-order chi connectivity index (χ0) is 17.2. The van der Waals surface area contributed by atoms with Gasteiger partial charge < -0.3 is 10.2 Å². The minimum absolute atomic E-state index is 0.0344. The third-order valence-corrected chi connectivity index (χ3v) is 5.91. The Morgan fingerprint density at radius 3 is 2.84 bits per heavy atom. The molecule has 1 N–H and O–H groups in total. The van der Waals surface area contributed by atoms with Crippen molar-refractivity contribution in [3.63, 3.8) is 0 Å². The van der Waals surface area contributed by atoms with Gasteiger partial charge in [-0.05, 0) is 24.0 Å². The van der Waals surface area contributed by atoms with Gasteiger partial charge in [-0.2, -0.15) is 0 Å². The van der Waals surface area contributed by atoms with Gasteiger partial charge in [-0.1, -0.05) is 43.9 Å². The van der Waals surface area contributed by atoms with Crippen molar-refractivity contribution in [2.75, 3.05) is 5.32 Å². The smallest absolute Gasteiger partial charge is 0.255 e. The molecule has 2 aromatic rings. The molecule has 6 heteroatoms. The molecule has 25 heavy (non-hydrogen) atoms. The summed E-state index contributed by atoms with van der Waals surface area (Å²) in [7, 11) is 0. The molecule has 2 aliphatic rings. The highest BCUT2D eigenvalue weighted by molar-refractivity contribution is 7.13. The Balaban J connectivity index is 1.57. The van der Waals surface area contributed by atoms with E-state index in [1.54, 1.807) is 11.1 Å². The van der Waals surface area contributed by atoms with Crippen molar-refractivity contribution in [1.29, 1.82) is 0 Å². The van der Waals surface area contributed by atoms with E-state index in [-0.39, 0.29) is 11.8 Å². The van der Waals surface area contributed by atoms with E-state index in [0.29, 0.717) is 17.6 Å². The number of carbonyl (C=O) groups excluding carboxylic acids is 2. The summed E-state index contributed by atoms with van der Waals surface area (Å²) in [6.45, 7) is 0.512. The first-order valence-corrected chi connectivity index (χ1v) is 9.69. The predicted octanol–water partition coefficient (Wildman–Crippen LogP) is 3.69. The van der Waals surface area contributed by atoms with E-state index in [0.717, 1.165) is 30.4 Å². The fourth-order valence-corrected chi connectivity index (χ4v) is 4.47. The maximum atomic E-state index is 12.9. The number of anilines is 1. The van der Waals surface area contributed by atoms with Gasteiger partial charge in [0.1, 0.15) is 6.04 Å². The molecule has 2 amide bonds. The van der Waals surface area contributed by atoms with E-state index in [2.05, 4.69) is 10.3 Å². The quantitative estimate of drug-likeness (QED) is 0.890. The molecule has 2 heterocycles. The van der Waals surface area contributed by atoms with Crippen molar-refractivity contribution in [3.8, 4) is 0 Å². The number of nitrogens with zero attached hydrogens (tertiary/aromatic N) is 2. The molecule has 1 aliphatic carbocycles. The third kappa shape index (κ3) is 3.31. The fraction of sp³-hybridized carbons (Fsp3) is 0.421. The Kier molecular flexibility index (Phi) is 4.53. The van der Waals surface area contributed by atoms with Crippen LogP contribution in [0.2, 0.25) is 0 Å². The summed E-state index contributed by atoms with van der Waals surface area (Å²) in [5.41, 5.74) is 1.73. The van der Waals surface area contributed by atoms with Gasteiger partial charge in [0.05, 0.1) is 0 Å². The molecule has 0 bridgehead atoms. The first-order valence-electron chi connectivity index (χ1n) is 8.81. The molecule has 1 atom stereocenters. The van der Waals surface area contributed by atoms with E-state index < -0.39 is 6.04 Å². The van der Waals surface area contributed by atoms with Gasteiger partial charge in [-0.3, -0.25) is 9.59 Å². The van der Waals surface area contributed by atoms with Gasteiger partial charge in [-0.15, -0.1) is 11.3 Å². The lowest BCUT2D eigenvalue weighted by molar-refractivity contribution is -0.121. The van der Waals surface area contributed by atoms with Crippen molar-refractivity contribution in [2.24, 2.45) is 5.92 Å². The number of fused-ring (bicyclic) bond motifs is 1. The number of nitrogens with one attached hydrogen (secondary N) is 1.